The zero-order valence-corrected chi connectivity index (χ0v) is 11.8. The van der Waals surface area contributed by atoms with Crippen LogP contribution < -0.4 is 5.32 Å². The van der Waals surface area contributed by atoms with Crippen molar-refractivity contribution in [3.63, 3.8) is 0 Å². The van der Waals surface area contributed by atoms with Gasteiger partial charge < -0.3 is 5.32 Å². The fourth-order valence-corrected chi connectivity index (χ4v) is 4.30. The van der Waals surface area contributed by atoms with Crippen LogP contribution in [0.4, 0.5) is 0 Å². The monoisotopic (exact) mass is 269 g/mol. The third-order valence-electron chi connectivity index (χ3n) is 2.57. The first kappa shape index (κ1) is 13.2. The van der Waals surface area contributed by atoms with Gasteiger partial charge in [0.1, 0.15) is 5.82 Å². The van der Waals surface area contributed by atoms with Crippen molar-refractivity contribution in [3.8, 4) is 0 Å². The molecule has 94 valence electrons. The van der Waals surface area contributed by atoms with E-state index >= 15 is 0 Å². The van der Waals surface area contributed by atoms with Gasteiger partial charge >= 0.3 is 0 Å². The molecule has 1 saturated heterocycles. The predicted octanol–water partition coefficient (Wildman–Crippen LogP) is 2.50. The van der Waals surface area contributed by atoms with Crippen LogP contribution in [-0.4, -0.2) is 33.8 Å². The Morgan fingerprint density at radius 2 is 2.41 bits per heavy atom. The van der Waals surface area contributed by atoms with Gasteiger partial charge in [0.2, 0.25) is 0 Å². The first-order valence-corrected chi connectivity index (χ1v) is 8.32. The topological polar surface area (TPSA) is 37.8 Å². The summed E-state index contributed by atoms with van der Waals surface area (Å²) < 4.78 is 0. The van der Waals surface area contributed by atoms with E-state index in [1.54, 1.807) is 0 Å². The van der Waals surface area contributed by atoms with E-state index in [2.05, 4.69) is 22.2 Å². The second-order valence-electron chi connectivity index (χ2n) is 4.02. The normalized spacial score (nSPS) is 20.4. The van der Waals surface area contributed by atoms with Gasteiger partial charge in [-0.3, -0.25) is 0 Å². The highest BCUT2D eigenvalue weighted by molar-refractivity contribution is 8.06. The zero-order valence-electron chi connectivity index (χ0n) is 10.2. The largest absolute Gasteiger partial charge is 0.311 e. The Hall–Kier alpha value is -0.260. The van der Waals surface area contributed by atoms with E-state index in [1.165, 1.54) is 11.5 Å². The van der Waals surface area contributed by atoms with Gasteiger partial charge in [-0.25, -0.2) is 9.97 Å². The van der Waals surface area contributed by atoms with Crippen LogP contribution in [-0.2, 0) is 6.54 Å². The Balaban J connectivity index is 1.95. The molecule has 1 atom stereocenters. The maximum absolute atomic E-state index is 4.66. The number of hydrogen-bond donors (Lipinski definition) is 1. The lowest BCUT2D eigenvalue weighted by Gasteiger charge is -2.19. The Morgan fingerprint density at radius 1 is 1.47 bits per heavy atom. The highest BCUT2D eigenvalue weighted by Crippen LogP contribution is 2.34. The van der Waals surface area contributed by atoms with Gasteiger partial charge in [0.25, 0.3) is 0 Å². The average Bonchev–Trinajstić information content (AvgIpc) is 2.41. The molecule has 1 aromatic rings. The quantitative estimate of drug-likeness (QED) is 0.831. The van der Waals surface area contributed by atoms with Crippen molar-refractivity contribution in [3.05, 3.63) is 23.8 Å². The molecule has 0 radical (unpaired) electrons. The van der Waals surface area contributed by atoms with Crippen molar-refractivity contribution < 1.29 is 0 Å². The lowest BCUT2D eigenvalue weighted by Crippen LogP contribution is -2.17. The van der Waals surface area contributed by atoms with Gasteiger partial charge in [-0.15, -0.1) is 11.8 Å². The third-order valence-corrected chi connectivity index (χ3v) is 5.32. The molecule has 1 unspecified atom stereocenters. The Morgan fingerprint density at radius 3 is 3.18 bits per heavy atom. The summed E-state index contributed by atoms with van der Waals surface area (Å²) in [6.45, 7) is 4.08. The van der Waals surface area contributed by atoms with Gasteiger partial charge in [-0.1, -0.05) is 6.92 Å². The van der Waals surface area contributed by atoms with E-state index in [1.807, 2.05) is 35.8 Å². The molecule has 0 bridgehead atoms. The predicted molar refractivity (Wildman–Crippen MR) is 76.6 cm³/mol. The molecule has 1 N–H and O–H groups in total. The zero-order chi connectivity index (χ0) is 11.9. The van der Waals surface area contributed by atoms with Gasteiger partial charge in [0.05, 0.1) is 10.9 Å². The number of nitrogens with zero attached hydrogens (tertiary/aromatic N) is 2. The number of rotatable bonds is 5. The summed E-state index contributed by atoms with van der Waals surface area (Å²) in [5.41, 5.74) is 1.11. The van der Waals surface area contributed by atoms with E-state index in [0.29, 0.717) is 5.25 Å². The molecular formula is C12H19N3S2. The van der Waals surface area contributed by atoms with Crippen LogP contribution in [0, 0.1) is 0 Å². The standard InChI is InChI=1S/C12H19N3S2/c1-2-4-13-8-10-3-5-14-12(15-10)11-9-16-6-7-17-11/h3,5,11,13H,2,4,6-9H2,1H3. The Kier molecular flexibility index (Phi) is 5.61. The minimum absolute atomic E-state index is 0.486. The molecule has 0 spiro atoms. The minimum atomic E-state index is 0.486. The molecule has 0 aromatic carbocycles. The highest BCUT2D eigenvalue weighted by atomic mass is 32.2. The van der Waals surface area contributed by atoms with Crippen LogP contribution in [0.15, 0.2) is 12.3 Å². The van der Waals surface area contributed by atoms with E-state index in [9.17, 15) is 0 Å². The lowest BCUT2D eigenvalue weighted by molar-refractivity contribution is 0.658. The highest BCUT2D eigenvalue weighted by Gasteiger charge is 2.19. The van der Waals surface area contributed by atoms with Crippen LogP contribution in [0.1, 0.15) is 30.1 Å². The molecule has 1 aliphatic heterocycles. The van der Waals surface area contributed by atoms with Crippen molar-refractivity contribution in [1.82, 2.24) is 15.3 Å². The molecule has 2 heterocycles. The number of hydrogen-bond acceptors (Lipinski definition) is 5. The van der Waals surface area contributed by atoms with Crippen LogP contribution in [0.3, 0.4) is 0 Å². The van der Waals surface area contributed by atoms with Gasteiger partial charge in [0, 0.05) is 30.0 Å². The van der Waals surface area contributed by atoms with Crippen molar-refractivity contribution in [2.75, 3.05) is 23.8 Å². The molecule has 2 rings (SSSR count). The maximum Gasteiger partial charge on any atom is 0.142 e. The minimum Gasteiger partial charge on any atom is -0.311 e. The lowest BCUT2D eigenvalue weighted by atomic mass is 10.3. The van der Waals surface area contributed by atoms with Gasteiger partial charge in [-0.2, -0.15) is 11.8 Å². The summed E-state index contributed by atoms with van der Waals surface area (Å²) in [5, 5.41) is 3.87. The molecular weight excluding hydrogens is 250 g/mol. The van der Waals surface area contributed by atoms with Crippen LogP contribution >= 0.6 is 23.5 Å². The molecule has 1 fully saturated rings. The maximum atomic E-state index is 4.66. The summed E-state index contributed by atoms with van der Waals surface area (Å²) in [4.78, 5) is 9.08. The molecule has 5 heteroatoms. The first-order valence-electron chi connectivity index (χ1n) is 6.12. The van der Waals surface area contributed by atoms with Gasteiger partial charge in [0.15, 0.2) is 0 Å². The second-order valence-corrected chi connectivity index (χ2v) is 6.48. The van der Waals surface area contributed by atoms with Crippen LogP contribution in [0.5, 0.6) is 0 Å². The molecule has 0 amide bonds. The first-order chi connectivity index (χ1) is 8.40. The SMILES string of the molecule is CCCNCc1ccnc(C2CSCCS2)n1. The number of aromatic nitrogens is 2. The number of thioether (sulfide) groups is 2. The molecule has 17 heavy (non-hydrogen) atoms. The molecule has 0 aliphatic carbocycles. The van der Waals surface area contributed by atoms with E-state index < -0.39 is 0 Å². The Labute approximate surface area is 112 Å². The van der Waals surface area contributed by atoms with Crippen molar-refractivity contribution in [2.24, 2.45) is 0 Å². The van der Waals surface area contributed by atoms with Gasteiger partial charge in [-0.05, 0) is 19.0 Å². The second kappa shape index (κ2) is 7.24. The summed E-state index contributed by atoms with van der Waals surface area (Å²) >= 11 is 4.00. The van der Waals surface area contributed by atoms with Crippen molar-refractivity contribution >= 4 is 23.5 Å². The van der Waals surface area contributed by atoms with E-state index in [4.69, 9.17) is 0 Å². The van der Waals surface area contributed by atoms with Crippen molar-refractivity contribution in [2.45, 2.75) is 25.1 Å². The third kappa shape index (κ3) is 4.16. The number of nitrogens with one attached hydrogen (secondary N) is 1. The molecule has 3 nitrogen and oxygen atoms in total. The van der Waals surface area contributed by atoms with Crippen LogP contribution in [0.2, 0.25) is 0 Å². The van der Waals surface area contributed by atoms with E-state index in [0.717, 1.165) is 36.8 Å². The van der Waals surface area contributed by atoms with Crippen molar-refractivity contribution in [1.29, 1.82) is 0 Å². The van der Waals surface area contributed by atoms with E-state index in [-0.39, 0.29) is 0 Å². The summed E-state index contributed by atoms with van der Waals surface area (Å²) in [7, 11) is 0. The summed E-state index contributed by atoms with van der Waals surface area (Å²) in [5.74, 6) is 4.64. The summed E-state index contributed by atoms with van der Waals surface area (Å²) in [6.07, 6.45) is 3.05. The Bertz CT molecular complexity index is 340. The molecule has 1 aromatic heterocycles. The fourth-order valence-electron chi connectivity index (χ4n) is 1.70. The summed E-state index contributed by atoms with van der Waals surface area (Å²) in [6, 6.07) is 2.01. The average molecular weight is 269 g/mol. The van der Waals surface area contributed by atoms with Crippen LogP contribution in [0.25, 0.3) is 0 Å². The molecule has 0 saturated carbocycles. The smallest absolute Gasteiger partial charge is 0.142 e. The fraction of sp³-hybridized carbons (Fsp3) is 0.667. The molecule has 1 aliphatic rings.